The van der Waals surface area contributed by atoms with Crippen LogP contribution >= 0.6 is 30.8 Å². The number of nitrogens with one attached hydrogen (secondary N) is 1. The molecule has 0 amide bonds. The molecule has 2 atom stereocenters. The molecule has 2 rings (SSSR count). The van der Waals surface area contributed by atoms with Gasteiger partial charge in [-0.25, -0.2) is 4.21 Å². The molecule has 0 aromatic heterocycles. The lowest BCUT2D eigenvalue weighted by Crippen LogP contribution is -2.17. The number of hydrogen-bond donors (Lipinski definition) is 2. The fraction of sp³-hybridized carbons (Fsp3) is 0.200. The monoisotopic (exact) mass is 461 g/mol. The Hall–Kier alpha value is -1.09. The van der Waals surface area contributed by atoms with Gasteiger partial charge in [-0.1, -0.05) is 23.2 Å². The Morgan fingerprint density at radius 3 is 2.48 bits per heavy atom. The Balaban J connectivity index is 2.42. The Kier molecular flexibility index (Phi) is 7.00. The summed E-state index contributed by atoms with van der Waals surface area (Å²) in [5, 5.41) is -0.600. The van der Waals surface area contributed by atoms with Gasteiger partial charge in [-0.3, -0.25) is 4.57 Å². The first-order valence-corrected chi connectivity index (χ1v) is 10.8. The topological polar surface area (TPSA) is 75.6 Å². The molecule has 0 heterocycles. The third-order valence-electron chi connectivity index (χ3n) is 3.23. The summed E-state index contributed by atoms with van der Waals surface area (Å²) in [4.78, 5) is 9.78. The Morgan fingerprint density at radius 2 is 1.89 bits per heavy atom. The first kappa shape index (κ1) is 22.2. The smallest absolute Gasteiger partial charge is 0.321 e. The van der Waals surface area contributed by atoms with Gasteiger partial charge in [0.1, 0.15) is 11.0 Å². The van der Waals surface area contributed by atoms with Crippen LogP contribution in [0.5, 0.6) is 0 Å². The van der Waals surface area contributed by atoms with Gasteiger partial charge in [-0.15, -0.1) is 0 Å². The highest BCUT2D eigenvalue weighted by Crippen LogP contribution is 2.43. The largest absolute Gasteiger partial charge is 0.417 e. The van der Waals surface area contributed by atoms with E-state index < -0.39 is 35.3 Å². The minimum Gasteiger partial charge on any atom is -0.321 e. The minimum atomic E-state index is -4.73. The highest BCUT2D eigenvalue weighted by Gasteiger charge is 2.34. The van der Waals surface area contributed by atoms with E-state index in [4.69, 9.17) is 27.7 Å². The standard InChI is InChI=1S/C15H13Cl2F3NO4PS/c1-2-25-26(22,23)14-6-3-9(16)7-13(14)21-27(24)10-4-5-12(17)11(8-10)15(18,19)20/h3-8,21H,2H2,1H3,(H,22,23). The predicted octanol–water partition coefficient (Wildman–Crippen LogP) is 4.99. The maximum Gasteiger partial charge on any atom is 0.417 e. The molecule has 2 aromatic carbocycles. The Bertz CT molecular complexity index is 926. The van der Waals surface area contributed by atoms with Crippen LogP contribution in [0.15, 0.2) is 41.3 Å². The summed E-state index contributed by atoms with van der Waals surface area (Å²) < 4.78 is 70.9. The zero-order chi connectivity index (χ0) is 20.4. The van der Waals surface area contributed by atoms with Crippen molar-refractivity contribution in [1.82, 2.24) is 0 Å². The maximum absolute atomic E-state index is 13.0. The summed E-state index contributed by atoms with van der Waals surface area (Å²) >= 11 is 11.4. The van der Waals surface area contributed by atoms with Crippen LogP contribution in [-0.4, -0.2) is 15.7 Å². The summed E-state index contributed by atoms with van der Waals surface area (Å²) in [6.07, 6.45) is -4.73. The van der Waals surface area contributed by atoms with Crippen molar-refractivity contribution in [2.75, 3.05) is 11.3 Å². The molecule has 0 aliphatic rings. The van der Waals surface area contributed by atoms with E-state index in [2.05, 4.69) is 4.72 Å². The second kappa shape index (κ2) is 8.51. The first-order valence-electron chi connectivity index (χ1n) is 7.28. The summed E-state index contributed by atoms with van der Waals surface area (Å²) in [6.45, 7) is 1.45. The van der Waals surface area contributed by atoms with E-state index in [0.717, 1.165) is 12.1 Å². The van der Waals surface area contributed by atoms with Gasteiger partial charge >= 0.3 is 13.8 Å². The van der Waals surface area contributed by atoms with Crippen molar-refractivity contribution in [2.24, 2.45) is 0 Å². The highest BCUT2D eigenvalue weighted by molar-refractivity contribution is 7.86. The van der Waals surface area contributed by atoms with Crippen molar-refractivity contribution >= 4 is 52.8 Å². The number of hydrogen-bond acceptors (Lipinski definition) is 3. The van der Waals surface area contributed by atoms with Crippen LogP contribution in [0.2, 0.25) is 10.0 Å². The van der Waals surface area contributed by atoms with Crippen molar-refractivity contribution in [3.8, 4) is 0 Å². The van der Waals surface area contributed by atoms with E-state index in [0.29, 0.717) is 6.07 Å². The molecule has 12 heteroatoms. The van der Waals surface area contributed by atoms with Gasteiger partial charge in [0.25, 0.3) is 0 Å². The van der Waals surface area contributed by atoms with Crippen LogP contribution in [0, 0.1) is 0 Å². The average Bonchev–Trinajstić information content (AvgIpc) is 2.53. The molecule has 0 radical (unpaired) electrons. The molecule has 0 aliphatic carbocycles. The third-order valence-corrected chi connectivity index (χ3v) is 6.49. The van der Waals surface area contributed by atoms with E-state index in [-0.39, 0.29) is 27.5 Å². The number of halogens is 5. The number of rotatable bonds is 6. The summed E-state index contributed by atoms with van der Waals surface area (Å²) in [5.74, 6) is 0. The van der Waals surface area contributed by atoms with Crippen LogP contribution in [0.4, 0.5) is 18.9 Å². The lowest BCUT2D eigenvalue weighted by atomic mass is 10.2. The Labute approximate surface area is 165 Å². The van der Waals surface area contributed by atoms with Crippen molar-refractivity contribution in [1.29, 1.82) is 0 Å². The lowest BCUT2D eigenvalue weighted by molar-refractivity contribution is -0.137. The van der Waals surface area contributed by atoms with Crippen LogP contribution < -0.4 is 10.0 Å². The van der Waals surface area contributed by atoms with E-state index in [1.54, 1.807) is 0 Å². The minimum absolute atomic E-state index is 0.0644. The van der Waals surface area contributed by atoms with Gasteiger partial charge in [-0.05, 0) is 43.3 Å². The van der Waals surface area contributed by atoms with E-state index in [9.17, 15) is 26.8 Å². The van der Waals surface area contributed by atoms with E-state index >= 15 is 0 Å². The van der Waals surface area contributed by atoms with Crippen molar-refractivity contribution in [2.45, 2.75) is 18.0 Å². The molecule has 148 valence electrons. The fourth-order valence-corrected chi connectivity index (χ4v) is 4.63. The lowest BCUT2D eigenvalue weighted by Gasteiger charge is -2.17. The van der Waals surface area contributed by atoms with Crippen LogP contribution in [-0.2, 0) is 26.3 Å². The molecule has 0 aliphatic heterocycles. The molecule has 2 aromatic rings. The third kappa shape index (κ3) is 5.47. The summed E-state index contributed by atoms with van der Waals surface area (Å²) in [7, 11) is -6.45. The van der Waals surface area contributed by atoms with Gasteiger partial charge in [0.15, 0.2) is 0 Å². The quantitative estimate of drug-likeness (QED) is 0.593. The first-order chi connectivity index (χ1) is 12.5. The van der Waals surface area contributed by atoms with Crippen molar-refractivity contribution < 1.29 is 31.4 Å². The maximum atomic E-state index is 13.0. The van der Waals surface area contributed by atoms with Gasteiger partial charge in [0.2, 0.25) is 0 Å². The molecule has 27 heavy (non-hydrogen) atoms. The average molecular weight is 462 g/mol. The zero-order valence-corrected chi connectivity index (χ0v) is 16.8. The van der Waals surface area contributed by atoms with Gasteiger partial charge < -0.3 is 14.1 Å². The van der Waals surface area contributed by atoms with E-state index in [1.807, 2.05) is 0 Å². The molecule has 2 N–H and O–H groups in total. The molecule has 0 fully saturated rings. The molecule has 0 saturated carbocycles. The zero-order valence-electron chi connectivity index (χ0n) is 13.6. The van der Waals surface area contributed by atoms with Gasteiger partial charge in [-0.2, -0.15) is 13.2 Å². The molecule has 2 unspecified atom stereocenters. The second-order valence-corrected chi connectivity index (χ2v) is 8.95. The number of anilines is 1. The van der Waals surface area contributed by atoms with Gasteiger partial charge in [0.05, 0.1) is 33.1 Å². The molecule has 0 spiro atoms. The van der Waals surface area contributed by atoms with E-state index in [1.165, 1.54) is 25.1 Å². The Morgan fingerprint density at radius 1 is 1.22 bits per heavy atom. The SMILES string of the molecule is CCOP(=O)(O)c1ccc(Cl)cc1NS(=O)c1ccc(Cl)c(C(F)(F)F)c1. The normalized spacial score (nSPS) is 15.2. The molecule has 5 nitrogen and oxygen atoms in total. The van der Waals surface area contributed by atoms with Crippen LogP contribution in [0.25, 0.3) is 0 Å². The van der Waals surface area contributed by atoms with Gasteiger partial charge in [0, 0.05) is 5.02 Å². The van der Waals surface area contributed by atoms with Crippen molar-refractivity contribution in [3.05, 3.63) is 52.0 Å². The number of alkyl halides is 3. The predicted molar refractivity (Wildman–Crippen MR) is 99.0 cm³/mol. The van der Waals surface area contributed by atoms with Crippen LogP contribution in [0.1, 0.15) is 12.5 Å². The summed E-state index contributed by atoms with van der Waals surface area (Å²) in [5.41, 5.74) is -1.26. The molecule has 0 saturated heterocycles. The molecular weight excluding hydrogens is 449 g/mol. The number of benzene rings is 2. The molecular formula is C15H13Cl2F3NO4PS. The second-order valence-electron chi connectivity index (χ2n) is 5.11. The van der Waals surface area contributed by atoms with Crippen LogP contribution in [0.3, 0.4) is 0 Å². The van der Waals surface area contributed by atoms with Crippen molar-refractivity contribution in [3.63, 3.8) is 0 Å². The molecule has 0 bridgehead atoms. The highest BCUT2D eigenvalue weighted by atomic mass is 35.5. The summed E-state index contributed by atoms with van der Waals surface area (Å²) in [6, 6.07) is 6.51. The fourth-order valence-electron chi connectivity index (χ4n) is 2.08.